The van der Waals surface area contributed by atoms with Gasteiger partial charge < -0.3 is 9.47 Å². The predicted octanol–water partition coefficient (Wildman–Crippen LogP) is 5.80. The monoisotopic (exact) mass is 439 g/mol. The van der Waals surface area contributed by atoms with Gasteiger partial charge in [-0.2, -0.15) is 0 Å². The second-order valence-corrected chi connectivity index (χ2v) is 6.11. The van der Waals surface area contributed by atoms with Crippen LogP contribution in [-0.4, -0.2) is 12.1 Å². The highest BCUT2D eigenvalue weighted by Gasteiger charge is 2.11. The summed E-state index contributed by atoms with van der Waals surface area (Å²) in [5.41, 5.74) is 0.578. The number of methoxy groups -OCH3 is 1. The van der Waals surface area contributed by atoms with Crippen molar-refractivity contribution in [1.29, 1.82) is 0 Å². The van der Waals surface area contributed by atoms with Gasteiger partial charge in [0.2, 0.25) is 5.88 Å². The Labute approximate surface area is 143 Å². The van der Waals surface area contributed by atoms with Gasteiger partial charge in [-0.3, -0.25) is 0 Å². The predicted molar refractivity (Wildman–Crippen MR) is 87.3 cm³/mol. The van der Waals surface area contributed by atoms with E-state index in [9.17, 15) is 0 Å². The first-order valence-electron chi connectivity index (χ1n) is 5.47. The highest BCUT2D eigenvalue weighted by Crippen LogP contribution is 2.38. The van der Waals surface area contributed by atoms with E-state index in [1.54, 1.807) is 31.4 Å². The molecule has 0 spiro atoms. The molecule has 0 N–H and O–H groups in total. The van der Waals surface area contributed by atoms with Gasteiger partial charge in [0.1, 0.15) is 11.5 Å². The molecule has 1 aromatic carbocycles. The van der Waals surface area contributed by atoms with Crippen LogP contribution in [0.1, 0.15) is 5.69 Å². The minimum absolute atomic E-state index is 0.226. The average molecular weight is 442 g/mol. The smallest absolute Gasteiger partial charge is 0.219 e. The minimum atomic E-state index is 0.226. The van der Waals surface area contributed by atoms with Gasteiger partial charge in [-0.05, 0) is 50.1 Å². The number of aromatic nitrogens is 1. The molecule has 7 heteroatoms. The van der Waals surface area contributed by atoms with E-state index in [1.165, 1.54) is 0 Å². The number of nitrogens with zero attached hydrogens (tertiary/aromatic N) is 1. The lowest BCUT2D eigenvalue weighted by molar-refractivity contribution is 0.408. The van der Waals surface area contributed by atoms with Crippen LogP contribution >= 0.6 is 55.1 Å². The van der Waals surface area contributed by atoms with Crippen LogP contribution in [0.25, 0.3) is 0 Å². The second kappa shape index (κ2) is 6.98. The summed E-state index contributed by atoms with van der Waals surface area (Å²) >= 11 is 18.6. The van der Waals surface area contributed by atoms with Crippen molar-refractivity contribution in [1.82, 2.24) is 4.98 Å². The van der Waals surface area contributed by atoms with Gasteiger partial charge in [0, 0.05) is 6.07 Å². The Morgan fingerprint density at radius 2 is 1.80 bits per heavy atom. The fraction of sp³-hybridized carbons (Fsp3) is 0.154. The summed E-state index contributed by atoms with van der Waals surface area (Å²) in [5.74, 6) is 1.95. The van der Waals surface area contributed by atoms with Crippen molar-refractivity contribution in [3.8, 4) is 17.4 Å². The fourth-order valence-electron chi connectivity index (χ4n) is 1.47. The van der Waals surface area contributed by atoms with Crippen LogP contribution in [0, 0.1) is 0 Å². The average Bonchev–Trinajstić information content (AvgIpc) is 2.44. The van der Waals surface area contributed by atoms with Gasteiger partial charge in [-0.25, -0.2) is 4.98 Å². The number of benzene rings is 1. The number of ether oxygens (including phenoxy) is 2. The summed E-state index contributed by atoms with van der Waals surface area (Å²) in [5, 5.41) is 0.516. The third kappa shape index (κ3) is 3.58. The molecule has 20 heavy (non-hydrogen) atoms. The number of hydrogen-bond donors (Lipinski definition) is 0. The topological polar surface area (TPSA) is 31.4 Å². The van der Waals surface area contributed by atoms with Gasteiger partial charge >= 0.3 is 0 Å². The van der Waals surface area contributed by atoms with Crippen LogP contribution in [-0.2, 0) is 5.88 Å². The molecule has 0 saturated heterocycles. The summed E-state index contributed by atoms with van der Waals surface area (Å²) in [4.78, 5) is 4.25. The highest BCUT2D eigenvalue weighted by molar-refractivity contribution is 9.11. The molecule has 1 heterocycles. The van der Waals surface area contributed by atoms with Gasteiger partial charge in [-0.15, -0.1) is 11.6 Å². The standard InChI is InChI=1S/C13H9Br2Cl2NO2/c1-19-11-4-8(15)12(5-7(11)14)20-13-3-2-9(17)10(6-16)18-13/h2-5H,6H2,1H3. The van der Waals surface area contributed by atoms with Gasteiger partial charge in [0.15, 0.2) is 0 Å². The van der Waals surface area contributed by atoms with Crippen molar-refractivity contribution in [3.63, 3.8) is 0 Å². The van der Waals surface area contributed by atoms with Crippen molar-refractivity contribution in [2.75, 3.05) is 7.11 Å². The molecule has 0 aliphatic heterocycles. The molecular weight excluding hydrogens is 433 g/mol. The van der Waals surface area contributed by atoms with Crippen LogP contribution in [0.5, 0.6) is 17.4 Å². The van der Waals surface area contributed by atoms with Gasteiger partial charge in [0.25, 0.3) is 0 Å². The maximum atomic E-state index is 5.96. The van der Waals surface area contributed by atoms with E-state index in [0.717, 1.165) is 8.95 Å². The van der Waals surface area contributed by atoms with Crippen LogP contribution in [0.2, 0.25) is 5.02 Å². The zero-order chi connectivity index (χ0) is 14.7. The molecule has 1 aromatic heterocycles. The maximum absolute atomic E-state index is 5.96. The van der Waals surface area contributed by atoms with Crippen molar-refractivity contribution in [2.45, 2.75) is 5.88 Å². The van der Waals surface area contributed by atoms with Crippen molar-refractivity contribution in [2.24, 2.45) is 0 Å². The highest BCUT2D eigenvalue weighted by atomic mass is 79.9. The molecule has 0 aliphatic carbocycles. The van der Waals surface area contributed by atoms with E-state index in [1.807, 2.05) is 0 Å². The first kappa shape index (κ1) is 15.9. The Bertz CT molecular complexity index is 638. The van der Waals surface area contributed by atoms with Crippen LogP contribution in [0.15, 0.2) is 33.2 Å². The first-order chi connectivity index (χ1) is 9.55. The largest absolute Gasteiger partial charge is 0.496 e. The Hall–Kier alpha value is -0.490. The van der Waals surface area contributed by atoms with Gasteiger partial charge in [0.05, 0.1) is 32.7 Å². The molecule has 0 atom stereocenters. The van der Waals surface area contributed by atoms with E-state index in [4.69, 9.17) is 32.7 Å². The van der Waals surface area contributed by atoms with Crippen LogP contribution in [0.3, 0.4) is 0 Å². The van der Waals surface area contributed by atoms with Crippen molar-refractivity contribution in [3.05, 3.63) is 43.9 Å². The first-order valence-corrected chi connectivity index (χ1v) is 7.97. The second-order valence-electron chi connectivity index (χ2n) is 3.73. The minimum Gasteiger partial charge on any atom is -0.496 e. The van der Waals surface area contributed by atoms with Crippen LogP contribution < -0.4 is 9.47 Å². The third-order valence-corrected chi connectivity index (χ3v) is 4.28. The molecule has 2 aromatic rings. The Kier molecular flexibility index (Phi) is 5.55. The molecule has 0 aliphatic rings. The molecule has 0 unspecified atom stereocenters. The van der Waals surface area contributed by atoms with E-state index in [2.05, 4.69) is 36.8 Å². The maximum Gasteiger partial charge on any atom is 0.219 e. The summed E-state index contributed by atoms with van der Waals surface area (Å²) in [6, 6.07) is 6.98. The van der Waals surface area contributed by atoms with Crippen LogP contribution in [0.4, 0.5) is 0 Å². The zero-order valence-corrected chi connectivity index (χ0v) is 15.0. The lowest BCUT2D eigenvalue weighted by atomic mass is 10.3. The number of halogens is 4. The Morgan fingerprint density at radius 3 is 2.45 bits per heavy atom. The van der Waals surface area contributed by atoms with Gasteiger partial charge in [-0.1, -0.05) is 11.6 Å². The van der Waals surface area contributed by atoms with E-state index < -0.39 is 0 Å². The summed E-state index contributed by atoms with van der Waals surface area (Å²) in [7, 11) is 1.60. The molecule has 0 radical (unpaired) electrons. The molecule has 0 fully saturated rings. The Morgan fingerprint density at radius 1 is 1.15 bits per heavy atom. The fourth-order valence-corrected chi connectivity index (χ4v) is 2.80. The number of rotatable bonds is 4. The van der Waals surface area contributed by atoms with E-state index >= 15 is 0 Å². The lowest BCUT2D eigenvalue weighted by Crippen LogP contribution is -1.94. The summed E-state index contributed by atoms with van der Waals surface area (Å²) in [6.45, 7) is 0. The molecule has 0 bridgehead atoms. The number of alkyl halides is 1. The SMILES string of the molecule is COc1cc(Br)c(Oc2ccc(Cl)c(CCl)n2)cc1Br. The van der Waals surface area contributed by atoms with E-state index in [-0.39, 0.29) is 5.88 Å². The van der Waals surface area contributed by atoms with E-state index in [0.29, 0.717) is 28.1 Å². The van der Waals surface area contributed by atoms with Crippen molar-refractivity contribution < 1.29 is 9.47 Å². The third-order valence-electron chi connectivity index (χ3n) is 2.44. The number of hydrogen-bond acceptors (Lipinski definition) is 3. The molecule has 0 saturated carbocycles. The van der Waals surface area contributed by atoms with Crippen molar-refractivity contribution >= 4 is 55.1 Å². The lowest BCUT2D eigenvalue weighted by Gasteiger charge is -2.11. The summed E-state index contributed by atoms with van der Waals surface area (Å²) in [6.07, 6.45) is 0. The number of pyridine rings is 1. The molecule has 106 valence electrons. The molecular formula is C13H9Br2Cl2NO2. The zero-order valence-electron chi connectivity index (χ0n) is 10.3. The quantitative estimate of drug-likeness (QED) is 0.562. The molecule has 3 nitrogen and oxygen atoms in total. The normalized spacial score (nSPS) is 10.4. The molecule has 2 rings (SSSR count). The Balaban J connectivity index is 2.32. The summed E-state index contributed by atoms with van der Waals surface area (Å²) < 4.78 is 12.5. The molecule has 0 amide bonds.